The molecule has 7 heteroatoms. The number of carbonyl (C=O) groups is 2. The second-order valence-corrected chi connectivity index (χ2v) is 7.35. The highest BCUT2D eigenvalue weighted by atomic mass is 16.5. The summed E-state index contributed by atoms with van der Waals surface area (Å²) in [5.41, 5.74) is 0.401. The van der Waals surface area contributed by atoms with Gasteiger partial charge in [0, 0.05) is 37.9 Å². The molecule has 2 aliphatic rings. The minimum atomic E-state index is -0.290. The van der Waals surface area contributed by atoms with Gasteiger partial charge in [0.2, 0.25) is 5.91 Å². The standard InChI is InChI=1S/C20H23N3O4/c1-14-4-5-17(27-14)19(25)23-12-16(20(13-23)6-9-26-10-7-20)18(24)22-15-3-2-8-21-11-15/h2-5,8,11,16H,6-7,9-10,12-13H2,1H3,(H,22,24)/t16-/m0/s1. The number of aromatic nitrogens is 1. The number of pyridine rings is 1. The number of carbonyl (C=O) groups excluding carboxylic acids is 2. The van der Waals surface area contributed by atoms with Crippen molar-refractivity contribution in [2.45, 2.75) is 19.8 Å². The zero-order valence-corrected chi connectivity index (χ0v) is 15.3. The highest BCUT2D eigenvalue weighted by Crippen LogP contribution is 2.45. The van der Waals surface area contributed by atoms with Gasteiger partial charge in [0.05, 0.1) is 17.8 Å². The summed E-state index contributed by atoms with van der Waals surface area (Å²) in [7, 11) is 0. The van der Waals surface area contributed by atoms with Crippen molar-refractivity contribution in [3.05, 3.63) is 48.2 Å². The fraction of sp³-hybridized carbons (Fsp3) is 0.450. The number of aryl methyl sites for hydroxylation is 1. The maximum atomic E-state index is 13.1. The van der Waals surface area contributed by atoms with Crippen LogP contribution < -0.4 is 5.32 Å². The first-order valence-electron chi connectivity index (χ1n) is 9.22. The van der Waals surface area contributed by atoms with Crippen LogP contribution in [0.15, 0.2) is 41.1 Å². The summed E-state index contributed by atoms with van der Waals surface area (Å²) in [6.45, 7) is 3.95. The van der Waals surface area contributed by atoms with Crippen LogP contribution in [0.2, 0.25) is 0 Å². The van der Waals surface area contributed by atoms with Crippen LogP contribution in [0.3, 0.4) is 0 Å². The van der Waals surface area contributed by atoms with Crippen LogP contribution in [-0.4, -0.2) is 48.0 Å². The van der Waals surface area contributed by atoms with E-state index in [0.29, 0.717) is 43.5 Å². The van der Waals surface area contributed by atoms with Crippen LogP contribution in [0, 0.1) is 18.3 Å². The lowest BCUT2D eigenvalue weighted by Crippen LogP contribution is -2.42. The van der Waals surface area contributed by atoms with Gasteiger partial charge >= 0.3 is 0 Å². The summed E-state index contributed by atoms with van der Waals surface area (Å²) in [6.07, 6.45) is 4.81. The average Bonchev–Trinajstić information content (AvgIpc) is 3.27. The Morgan fingerprint density at radius 3 is 2.74 bits per heavy atom. The van der Waals surface area contributed by atoms with Crippen LogP contribution >= 0.6 is 0 Å². The first-order chi connectivity index (χ1) is 13.1. The third kappa shape index (κ3) is 3.47. The Balaban J connectivity index is 1.56. The Bertz CT molecular complexity index is 827. The van der Waals surface area contributed by atoms with Gasteiger partial charge in [0.1, 0.15) is 5.76 Å². The number of hydrogen-bond donors (Lipinski definition) is 1. The molecule has 4 rings (SSSR count). The lowest BCUT2D eigenvalue weighted by Gasteiger charge is -2.37. The Kier molecular flexibility index (Phi) is 4.70. The molecule has 1 N–H and O–H groups in total. The van der Waals surface area contributed by atoms with Gasteiger partial charge in [0.25, 0.3) is 5.91 Å². The number of furan rings is 1. The smallest absolute Gasteiger partial charge is 0.289 e. The lowest BCUT2D eigenvalue weighted by atomic mass is 9.71. The van der Waals surface area contributed by atoms with Gasteiger partial charge in [-0.3, -0.25) is 14.6 Å². The zero-order chi connectivity index (χ0) is 18.9. The van der Waals surface area contributed by atoms with Crippen LogP contribution in [0.4, 0.5) is 5.69 Å². The third-order valence-corrected chi connectivity index (χ3v) is 5.62. The topological polar surface area (TPSA) is 84.7 Å². The minimum absolute atomic E-state index is 0.0733. The van der Waals surface area contributed by atoms with E-state index in [-0.39, 0.29) is 23.1 Å². The maximum absolute atomic E-state index is 13.1. The number of amides is 2. The van der Waals surface area contributed by atoms with Crippen molar-refractivity contribution >= 4 is 17.5 Å². The van der Waals surface area contributed by atoms with E-state index in [2.05, 4.69) is 10.3 Å². The monoisotopic (exact) mass is 369 g/mol. The van der Waals surface area contributed by atoms with E-state index >= 15 is 0 Å². The van der Waals surface area contributed by atoms with E-state index < -0.39 is 0 Å². The van der Waals surface area contributed by atoms with Crippen molar-refractivity contribution in [2.24, 2.45) is 11.3 Å². The molecule has 0 radical (unpaired) electrons. The number of rotatable bonds is 3. The molecule has 1 atom stereocenters. The van der Waals surface area contributed by atoms with E-state index in [1.807, 2.05) is 13.0 Å². The van der Waals surface area contributed by atoms with Crippen LogP contribution in [0.25, 0.3) is 0 Å². The number of nitrogens with zero attached hydrogens (tertiary/aromatic N) is 2. The molecule has 142 valence electrons. The third-order valence-electron chi connectivity index (χ3n) is 5.62. The second-order valence-electron chi connectivity index (χ2n) is 7.35. The summed E-state index contributed by atoms with van der Waals surface area (Å²) in [5, 5.41) is 2.96. The Morgan fingerprint density at radius 2 is 2.07 bits per heavy atom. The number of anilines is 1. The van der Waals surface area contributed by atoms with E-state index in [4.69, 9.17) is 9.15 Å². The van der Waals surface area contributed by atoms with Gasteiger partial charge in [-0.1, -0.05) is 0 Å². The molecule has 2 aliphatic heterocycles. The SMILES string of the molecule is Cc1ccc(C(=O)N2C[C@@H](C(=O)Nc3cccnc3)C3(CCOCC3)C2)o1. The summed E-state index contributed by atoms with van der Waals surface area (Å²) >= 11 is 0. The quantitative estimate of drug-likeness (QED) is 0.899. The molecule has 27 heavy (non-hydrogen) atoms. The van der Waals surface area contributed by atoms with Gasteiger partial charge < -0.3 is 19.4 Å². The average molecular weight is 369 g/mol. The van der Waals surface area contributed by atoms with Gasteiger partial charge in [-0.05, 0) is 44.0 Å². The second kappa shape index (κ2) is 7.15. The van der Waals surface area contributed by atoms with E-state index in [1.54, 1.807) is 35.5 Å². The first-order valence-corrected chi connectivity index (χ1v) is 9.22. The summed E-state index contributed by atoms with van der Waals surface area (Å²) in [4.78, 5) is 31.7. The fourth-order valence-electron chi connectivity index (χ4n) is 4.14. The number of likely N-dealkylation sites (tertiary alicyclic amines) is 1. The Morgan fingerprint density at radius 1 is 1.26 bits per heavy atom. The molecule has 1 spiro atoms. The minimum Gasteiger partial charge on any atom is -0.456 e. The van der Waals surface area contributed by atoms with Crippen molar-refractivity contribution in [1.82, 2.24) is 9.88 Å². The first kappa shape index (κ1) is 17.7. The van der Waals surface area contributed by atoms with E-state index in [9.17, 15) is 9.59 Å². The molecular formula is C20H23N3O4. The van der Waals surface area contributed by atoms with Crippen LogP contribution in [0.5, 0.6) is 0 Å². The molecule has 7 nitrogen and oxygen atoms in total. The molecule has 0 bridgehead atoms. The van der Waals surface area contributed by atoms with Gasteiger partial charge in [0.15, 0.2) is 5.76 Å². The molecule has 0 unspecified atom stereocenters. The number of hydrogen-bond acceptors (Lipinski definition) is 5. The predicted molar refractivity (Wildman–Crippen MR) is 98.2 cm³/mol. The van der Waals surface area contributed by atoms with E-state index in [0.717, 1.165) is 12.8 Å². The van der Waals surface area contributed by atoms with Gasteiger partial charge in [-0.25, -0.2) is 0 Å². The van der Waals surface area contributed by atoms with Crippen LogP contribution in [-0.2, 0) is 9.53 Å². The normalized spacial score (nSPS) is 21.4. The number of nitrogens with one attached hydrogen (secondary N) is 1. The van der Waals surface area contributed by atoms with Crippen molar-refractivity contribution in [3.8, 4) is 0 Å². The largest absolute Gasteiger partial charge is 0.456 e. The Hall–Kier alpha value is -2.67. The maximum Gasteiger partial charge on any atom is 0.289 e. The number of ether oxygens (including phenoxy) is 1. The molecule has 2 aromatic rings. The van der Waals surface area contributed by atoms with Crippen LogP contribution in [0.1, 0.15) is 29.2 Å². The van der Waals surface area contributed by atoms with Crippen molar-refractivity contribution in [2.75, 3.05) is 31.6 Å². The molecule has 2 amide bonds. The molecule has 2 saturated heterocycles. The predicted octanol–water partition coefficient (Wildman–Crippen LogP) is 2.49. The highest BCUT2D eigenvalue weighted by molar-refractivity contribution is 5.96. The Labute approximate surface area is 157 Å². The summed E-state index contributed by atoms with van der Waals surface area (Å²) < 4.78 is 11.0. The van der Waals surface area contributed by atoms with Crippen molar-refractivity contribution in [1.29, 1.82) is 0 Å². The highest BCUT2D eigenvalue weighted by Gasteiger charge is 2.52. The molecular weight excluding hydrogens is 346 g/mol. The summed E-state index contributed by atoms with van der Waals surface area (Å²) in [5.74, 6) is 0.496. The fourth-order valence-corrected chi connectivity index (χ4v) is 4.14. The summed E-state index contributed by atoms with van der Waals surface area (Å²) in [6, 6.07) is 7.06. The lowest BCUT2D eigenvalue weighted by molar-refractivity contribution is -0.124. The molecule has 2 fully saturated rings. The van der Waals surface area contributed by atoms with E-state index in [1.165, 1.54) is 0 Å². The molecule has 4 heterocycles. The molecule has 2 aromatic heterocycles. The molecule has 0 aromatic carbocycles. The van der Waals surface area contributed by atoms with Crippen molar-refractivity contribution in [3.63, 3.8) is 0 Å². The molecule has 0 aliphatic carbocycles. The van der Waals surface area contributed by atoms with Gasteiger partial charge in [-0.15, -0.1) is 0 Å². The zero-order valence-electron chi connectivity index (χ0n) is 15.3. The van der Waals surface area contributed by atoms with Gasteiger partial charge in [-0.2, -0.15) is 0 Å². The molecule has 0 saturated carbocycles. The van der Waals surface area contributed by atoms with Crippen molar-refractivity contribution < 1.29 is 18.7 Å².